The number of hydrogen-bond acceptors (Lipinski definition) is 4. The lowest BCUT2D eigenvalue weighted by Gasteiger charge is -2.05. The smallest absolute Gasteiger partial charge is 0.237 e. The van der Waals surface area contributed by atoms with Crippen molar-refractivity contribution < 1.29 is 9.32 Å². The van der Waals surface area contributed by atoms with Gasteiger partial charge in [0, 0.05) is 17.3 Å². The van der Waals surface area contributed by atoms with Crippen molar-refractivity contribution in [2.45, 2.75) is 26.3 Å². The van der Waals surface area contributed by atoms with Crippen LogP contribution in [0, 0.1) is 0 Å². The fourth-order valence-electron chi connectivity index (χ4n) is 2.40. The third kappa shape index (κ3) is 2.52. The van der Waals surface area contributed by atoms with Gasteiger partial charge in [0.1, 0.15) is 6.54 Å². The number of hydrogen-bond donors (Lipinski definition) is 1. The zero-order chi connectivity index (χ0) is 14.8. The predicted octanol–water partition coefficient (Wildman–Crippen LogP) is 2.13. The number of rotatable bonds is 5. The van der Waals surface area contributed by atoms with E-state index in [0.29, 0.717) is 11.7 Å². The lowest BCUT2D eigenvalue weighted by molar-refractivity contribution is -0.118. The Morgan fingerprint density at radius 3 is 2.95 bits per heavy atom. The van der Waals surface area contributed by atoms with Crippen LogP contribution in [0.15, 0.2) is 34.9 Å². The molecule has 0 unspecified atom stereocenters. The summed E-state index contributed by atoms with van der Waals surface area (Å²) in [4.78, 5) is 15.7. The third-order valence-electron chi connectivity index (χ3n) is 3.29. The summed E-state index contributed by atoms with van der Waals surface area (Å²) >= 11 is 0. The summed E-state index contributed by atoms with van der Waals surface area (Å²) in [6.45, 7) is 2.13. The van der Waals surface area contributed by atoms with E-state index < -0.39 is 5.91 Å². The zero-order valence-corrected chi connectivity index (χ0v) is 11.7. The van der Waals surface area contributed by atoms with E-state index in [4.69, 9.17) is 10.3 Å². The Balaban J connectivity index is 2.13. The molecule has 0 aliphatic carbocycles. The molecule has 2 aromatic heterocycles. The summed E-state index contributed by atoms with van der Waals surface area (Å²) in [5, 5.41) is 5.02. The molecule has 0 spiro atoms. The van der Waals surface area contributed by atoms with E-state index in [2.05, 4.69) is 10.1 Å². The molecule has 0 bridgehead atoms. The number of primary amides is 1. The fraction of sp³-hybridized carbons (Fsp3) is 0.267. The summed E-state index contributed by atoms with van der Waals surface area (Å²) in [5.41, 5.74) is 7.01. The van der Waals surface area contributed by atoms with Crippen molar-refractivity contribution in [3.8, 4) is 11.5 Å². The number of aromatic nitrogens is 3. The summed E-state index contributed by atoms with van der Waals surface area (Å²) in [5.74, 6) is 0.675. The molecule has 1 amide bonds. The number of carbonyl (C=O) groups is 1. The molecule has 6 nitrogen and oxygen atoms in total. The van der Waals surface area contributed by atoms with Crippen LogP contribution in [-0.2, 0) is 17.8 Å². The van der Waals surface area contributed by atoms with Crippen molar-refractivity contribution in [2.24, 2.45) is 5.73 Å². The molecule has 21 heavy (non-hydrogen) atoms. The third-order valence-corrected chi connectivity index (χ3v) is 3.29. The van der Waals surface area contributed by atoms with Gasteiger partial charge in [-0.1, -0.05) is 30.3 Å². The largest absolute Gasteiger partial charge is 0.368 e. The number of nitrogens with two attached hydrogens (primary N) is 1. The van der Waals surface area contributed by atoms with Gasteiger partial charge in [-0.05, 0) is 18.6 Å². The van der Waals surface area contributed by atoms with Crippen molar-refractivity contribution in [2.75, 3.05) is 0 Å². The van der Waals surface area contributed by atoms with Crippen molar-refractivity contribution in [3.63, 3.8) is 0 Å². The maximum absolute atomic E-state index is 11.3. The predicted molar refractivity (Wildman–Crippen MR) is 78.4 cm³/mol. The van der Waals surface area contributed by atoms with Crippen LogP contribution in [0.2, 0.25) is 0 Å². The highest BCUT2D eigenvalue weighted by Gasteiger charge is 2.16. The standard InChI is InChI=1S/C15H16N4O2/c1-2-5-14-17-15(18-21-14)12-8-10-6-3-4-7-11(10)19(12)9-13(16)20/h3-4,6-8H,2,5,9H2,1H3,(H2,16,20). The first kappa shape index (κ1) is 13.4. The average Bonchev–Trinajstić information content (AvgIpc) is 3.04. The van der Waals surface area contributed by atoms with Gasteiger partial charge >= 0.3 is 0 Å². The van der Waals surface area contributed by atoms with E-state index in [9.17, 15) is 4.79 Å². The summed E-state index contributed by atoms with van der Waals surface area (Å²) in [6.07, 6.45) is 1.68. The lowest BCUT2D eigenvalue weighted by Crippen LogP contribution is -2.19. The number of para-hydroxylation sites is 1. The monoisotopic (exact) mass is 284 g/mol. The Morgan fingerprint density at radius 2 is 2.19 bits per heavy atom. The molecular formula is C15H16N4O2. The van der Waals surface area contributed by atoms with Gasteiger partial charge in [0.05, 0.1) is 5.69 Å². The molecule has 6 heteroatoms. The summed E-state index contributed by atoms with van der Waals surface area (Å²) in [6, 6.07) is 9.72. The summed E-state index contributed by atoms with van der Waals surface area (Å²) in [7, 11) is 0. The van der Waals surface area contributed by atoms with Gasteiger partial charge in [-0.3, -0.25) is 4.79 Å². The normalized spacial score (nSPS) is 11.1. The number of amides is 1. The van der Waals surface area contributed by atoms with Crippen molar-refractivity contribution in [1.29, 1.82) is 0 Å². The number of benzene rings is 1. The van der Waals surface area contributed by atoms with Crippen molar-refractivity contribution in [1.82, 2.24) is 14.7 Å². The van der Waals surface area contributed by atoms with E-state index in [1.807, 2.05) is 41.8 Å². The van der Waals surface area contributed by atoms with Gasteiger partial charge in [0.25, 0.3) is 0 Å². The van der Waals surface area contributed by atoms with Crippen LogP contribution in [0.4, 0.5) is 0 Å². The van der Waals surface area contributed by atoms with Crippen LogP contribution in [0.3, 0.4) is 0 Å². The molecule has 0 fully saturated rings. The van der Waals surface area contributed by atoms with Crippen LogP contribution in [0.5, 0.6) is 0 Å². The maximum Gasteiger partial charge on any atom is 0.237 e. The molecular weight excluding hydrogens is 268 g/mol. The quantitative estimate of drug-likeness (QED) is 0.777. The van der Waals surface area contributed by atoms with Gasteiger partial charge in [0.15, 0.2) is 0 Å². The van der Waals surface area contributed by atoms with E-state index in [-0.39, 0.29) is 6.54 Å². The average molecular weight is 284 g/mol. The second-order valence-electron chi connectivity index (χ2n) is 4.90. The van der Waals surface area contributed by atoms with Crippen LogP contribution in [0.25, 0.3) is 22.4 Å². The number of fused-ring (bicyclic) bond motifs is 1. The SMILES string of the molecule is CCCc1nc(-c2cc3ccccc3n2CC(N)=O)no1. The molecule has 0 saturated carbocycles. The highest BCUT2D eigenvalue weighted by Crippen LogP contribution is 2.26. The van der Waals surface area contributed by atoms with Crippen molar-refractivity contribution in [3.05, 3.63) is 36.2 Å². The summed E-state index contributed by atoms with van der Waals surface area (Å²) < 4.78 is 7.04. The minimum Gasteiger partial charge on any atom is -0.368 e. The molecule has 0 saturated heterocycles. The Labute approximate surface area is 121 Å². The van der Waals surface area contributed by atoms with Crippen LogP contribution in [-0.4, -0.2) is 20.6 Å². The van der Waals surface area contributed by atoms with Crippen LogP contribution >= 0.6 is 0 Å². The number of aryl methyl sites for hydroxylation is 1. The molecule has 0 aliphatic heterocycles. The molecule has 0 radical (unpaired) electrons. The van der Waals surface area contributed by atoms with Gasteiger partial charge in [0.2, 0.25) is 17.6 Å². The number of nitrogens with zero attached hydrogens (tertiary/aromatic N) is 3. The second kappa shape index (κ2) is 5.40. The Kier molecular flexibility index (Phi) is 3.43. The lowest BCUT2D eigenvalue weighted by atomic mass is 10.2. The minimum atomic E-state index is -0.408. The highest BCUT2D eigenvalue weighted by molar-refractivity contribution is 5.88. The molecule has 0 atom stereocenters. The first-order chi connectivity index (χ1) is 10.2. The highest BCUT2D eigenvalue weighted by atomic mass is 16.5. The van der Waals surface area contributed by atoms with Gasteiger partial charge in [-0.15, -0.1) is 0 Å². The van der Waals surface area contributed by atoms with E-state index in [1.54, 1.807) is 0 Å². The van der Waals surface area contributed by atoms with Gasteiger partial charge in [-0.2, -0.15) is 4.98 Å². The molecule has 2 heterocycles. The van der Waals surface area contributed by atoms with Crippen LogP contribution in [0.1, 0.15) is 19.2 Å². The molecule has 1 aromatic carbocycles. The van der Waals surface area contributed by atoms with E-state index >= 15 is 0 Å². The molecule has 0 aliphatic rings. The van der Waals surface area contributed by atoms with E-state index in [0.717, 1.165) is 29.4 Å². The van der Waals surface area contributed by atoms with Crippen LogP contribution < -0.4 is 5.73 Å². The zero-order valence-electron chi connectivity index (χ0n) is 11.7. The molecule has 3 aromatic rings. The van der Waals surface area contributed by atoms with Gasteiger partial charge < -0.3 is 14.8 Å². The fourth-order valence-corrected chi connectivity index (χ4v) is 2.40. The number of carbonyl (C=O) groups excluding carboxylic acids is 1. The first-order valence-corrected chi connectivity index (χ1v) is 6.88. The topological polar surface area (TPSA) is 86.9 Å². The Bertz CT molecular complexity index is 788. The molecule has 108 valence electrons. The van der Waals surface area contributed by atoms with Gasteiger partial charge in [-0.25, -0.2) is 0 Å². The maximum atomic E-state index is 11.3. The Morgan fingerprint density at radius 1 is 1.38 bits per heavy atom. The minimum absolute atomic E-state index is 0.0838. The molecule has 3 rings (SSSR count). The second-order valence-corrected chi connectivity index (χ2v) is 4.90. The Hall–Kier alpha value is -2.63. The van der Waals surface area contributed by atoms with Crippen molar-refractivity contribution >= 4 is 16.8 Å². The molecule has 2 N–H and O–H groups in total. The van der Waals surface area contributed by atoms with E-state index in [1.165, 1.54) is 0 Å². The first-order valence-electron chi connectivity index (χ1n) is 6.88.